The average Bonchev–Trinajstić information content (AvgIpc) is 3.00. The molecule has 10 heteroatoms. The lowest BCUT2D eigenvalue weighted by Crippen LogP contribution is -2.20. The first-order valence-corrected chi connectivity index (χ1v) is 8.56. The molecule has 3 rings (SSSR count). The number of hydrogen-bond donors (Lipinski definition) is 2. The van der Waals surface area contributed by atoms with Crippen LogP contribution in [0.3, 0.4) is 0 Å². The molecule has 0 radical (unpaired) electrons. The van der Waals surface area contributed by atoms with Crippen LogP contribution in [0.25, 0.3) is 5.65 Å². The predicted molar refractivity (Wildman–Crippen MR) is 95.7 cm³/mol. The fourth-order valence-corrected chi connectivity index (χ4v) is 2.78. The first-order chi connectivity index (χ1) is 12.4. The number of nitrogens with one attached hydrogen (secondary N) is 2. The summed E-state index contributed by atoms with van der Waals surface area (Å²) in [7, 11) is 0. The molecule has 136 valence electrons. The van der Waals surface area contributed by atoms with Gasteiger partial charge < -0.3 is 15.0 Å². The number of carbonyl (C=O) groups excluding carboxylic acids is 1. The topological polar surface area (TPSA) is 101 Å². The van der Waals surface area contributed by atoms with E-state index < -0.39 is 23.4 Å². The van der Waals surface area contributed by atoms with Gasteiger partial charge in [-0.15, -0.1) is 0 Å². The van der Waals surface area contributed by atoms with Crippen molar-refractivity contribution in [3.05, 3.63) is 56.4 Å². The number of aromatic nitrogens is 4. The van der Waals surface area contributed by atoms with Crippen molar-refractivity contribution in [3.8, 4) is 0 Å². The van der Waals surface area contributed by atoms with E-state index in [-0.39, 0.29) is 17.9 Å². The van der Waals surface area contributed by atoms with Crippen LogP contribution in [0.2, 0.25) is 0 Å². The summed E-state index contributed by atoms with van der Waals surface area (Å²) in [6.45, 7) is 3.67. The Morgan fingerprint density at radius 3 is 3.00 bits per heavy atom. The average molecular weight is 424 g/mol. The number of H-pyrrole nitrogens is 1. The van der Waals surface area contributed by atoms with Gasteiger partial charge >= 0.3 is 5.97 Å². The molecule has 3 aromatic heterocycles. The number of ether oxygens (including phenoxy) is 1. The quantitative estimate of drug-likeness (QED) is 0.611. The van der Waals surface area contributed by atoms with Gasteiger partial charge in [0, 0.05) is 24.0 Å². The van der Waals surface area contributed by atoms with Gasteiger partial charge in [-0.3, -0.25) is 4.79 Å². The minimum Gasteiger partial charge on any atom is -0.461 e. The van der Waals surface area contributed by atoms with Crippen LogP contribution in [0.5, 0.6) is 0 Å². The Labute approximate surface area is 155 Å². The highest BCUT2D eigenvalue weighted by molar-refractivity contribution is 9.10. The van der Waals surface area contributed by atoms with Crippen LogP contribution in [0.4, 0.5) is 10.2 Å². The summed E-state index contributed by atoms with van der Waals surface area (Å²) < 4.78 is 20.3. The van der Waals surface area contributed by atoms with Crippen molar-refractivity contribution < 1.29 is 13.9 Å². The predicted octanol–water partition coefficient (Wildman–Crippen LogP) is 2.67. The zero-order valence-corrected chi connectivity index (χ0v) is 15.5. The maximum absolute atomic E-state index is 13.4. The van der Waals surface area contributed by atoms with Crippen molar-refractivity contribution in [2.45, 2.75) is 19.9 Å². The number of fused-ring (bicyclic) bond motifs is 1. The van der Waals surface area contributed by atoms with Crippen molar-refractivity contribution >= 4 is 33.4 Å². The van der Waals surface area contributed by atoms with E-state index in [0.717, 1.165) is 6.20 Å². The molecular weight excluding hydrogens is 409 g/mol. The molecule has 2 N–H and O–H groups in total. The number of rotatable bonds is 5. The van der Waals surface area contributed by atoms with Crippen LogP contribution < -0.4 is 10.9 Å². The highest BCUT2D eigenvalue weighted by Crippen LogP contribution is 2.25. The number of pyridine rings is 1. The van der Waals surface area contributed by atoms with Crippen molar-refractivity contribution in [2.75, 3.05) is 11.9 Å². The van der Waals surface area contributed by atoms with Crippen molar-refractivity contribution in [2.24, 2.45) is 0 Å². The summed E-state index contributed by atoms with van der Waals surface area (Å²) in [6.07, 6.45) is 2.62. The third kappa shape index (κ3) is 3.59. The fourth-order valence-electron chi connectivity index (χ4n) is 2.38. The number of nitrogens with zero attached hydrogens (tertiary/aromatic N) is 3. The Balaban J connectivity index is 1.92. The second kappa shape index (κ2) is 7.24. The molecule has 0 aliphatic carbocycles. The van der Waals surface area contributed by atoms with Crippen LogP contribution in [0.15, 0.2) is 33.8 Å². The molecule has 0 spiro atoms. The van der Waals surface area contributed by atoms with Gasteiger partial charge in [-0.2, -0.15) is 5.10 Å². The Hall–Kier alpha value is -2.75. The standard InChI is InChI=1S/C16H15BrFN5O3/c1-3-26-16(25)12-5-13-21-14(11(17)7-23(13)22-12)20-8(2)10-4-9(18)6-19-15(10)24/h4-8H,3H2,1-2H3,(H,19,24)(H,20,21)/t8-/m1/s1. The number of aromatic amines is 1. The van der Waals surface area contributed by atoms with Gasteiger partial charge in [0.2, 0.25) is 0 Å². The summed E-state index contributed by atoms with van der Waals surface area (Å²) in [5, 5.41) is 7.16. The smallest absolute Gasteiger partial charge is 0.358 e. The third-order valence-corrected chi connectivity index (χ3v) is 4.19. The van der Waals surface area contributed by atoms with Crippen molar-refractivity contribution in [3.63, 3.8) is 0 Å². The van der Waals surface area contributed by atoms with Crippen LogP contribution in [0, 0.1) is 5.82 Å². The summed E-state index contributed by atoms with van der Waals surface area (Å²) in [4.78, 5) is 30.4. The molecule has 0 saturated carbocycles. The maximum atomic E-state index is 13.4. The maximum Gasteiger partial charge on any atom is 0.358 e. The van der Waals surface area contributed by atoms with Gasteiger partial charge in [0.05, 0.1) is 17.1 Å². The number of anilines is 1. The largest absolute Gasteiger partial charge is 0.461 e. The summed E-state index contributed by atoms with van der Waals surface area (Å²) >= 11 is 3.37. The first-order valence-electron chi connectivity index (χ1n) is 7.76. The normalized spacial score (nSPS) is 12.2. The Bertz CT molecular complexity index is 1030. The van der Waals surface area contributed by atoms with Gasteiger partial charge in [-0.25, -0.2) is 18.7 Å². The minimum absolute atomic E-state index is 0.137. The monoisotopic (exact) mass is 423 g/mol. The molecule has 0 saturated heterocycles. The van der Waals surface area contributed by atoms with Crippen LogP contribution in [0.1, 0.15) is 35.9 Å². The minimum atomic E-state index is -0.539. The Morgan fingerprint density at radius 2 is 2.27 bits per heavy atom. The molecule has 8 nitrogen and oxygen atoms in total. The zero-order valence-electron chi connectivity index (χ0n) is 13.9. The first kappa shape index (κ1) is 18.1. The van der Waals surface area contributed by atoms with E-state index in [1.54, 1.807) is 20.0 Å². The van der Waals surface area contributed by atoms with E-state index in [9.17, 15) is 14.0 Å². The molecule has 0 aliphatic rings. The summed E-state index contributed by atoms with van der Waals surface area (Å²) in [6, 6.07) is 2.16. The molecule has 0 unspecified atom stereocenters. The van der Waals surface area contributed by atoms with Gasteiger partial charge in [-0.1, -0.05) is 0 Å². The number of esters is 1. The van der Waals surface area contributed by atoms with E-state index in [4.69, 9.17) is 4.74 Å². The lowest BCUT2D eigenvalue weighted by Gasteiger charge is -2.15. The number of carbonyl (C=O) groups is 1. The fraction of sp³-hybridized carbons (Fsp3) is 0.250. The molecule has 0 amide bonds. The van der Waals surface area contributed by atoms with Gasteiger partial charge in [0.1, 0.15) is 11.6 Å². The Kier molecular flexibility index (Phi) is 5.03. The van der Waals surface area contributed by atoms with Gasteiger partial charge in [-0.05, 0) is 35.8 Å². The highest BCUT2D eigenvalue weighted by atomic mass is 79.9. The molecule has 1 atom stereocenters. The molecular formula is C16H15BrFN5O3. The lowest BCUT2D eigenvalue weighted by molar-refractivity contribution is 0.0519. The second-order valence-electron chi connectivity index (χ2n) is 5.46. The lowest BCUT2D eigenvalue weighted by atomic mass is 10.1. The van der Waals surface area contributed by atoms with E-state index in [0.29, 0.717) is 15.9 Å². The molecule has 26 heavy (non-hydrogen) atoms. The van der Waals surface area contributed by atoms with Crippen molar-refractivity contribution in [1.82, 2.24) is 19.6 Å². The SMILES string of the molecule is CCOC(=O)c1cc2nc(N[C@H](C)c3cc(F)c[nH]c3=O)c(Br)cn2n1. The molecule has 3 heterocycles. The molecule has 0 fully saturated rings. The van der Waals surface area contributed by atoms with E-state index in [1.807, 2.05) is 0 Å². The van der Waals surface area contributed by atoms with Gasteiger partial charge in [0.15, 0.2) is 11.3 Å². The van der Waals surface area contributed by atoms with E-state index in [1.165, 1.54) is 16.6 Å². The zero-order chi connectivity index (χ0) is 18.8. The number of hydrogen-bond acceptors (Lipinski definition) is 6. The van der Waals surface area contributed by atoms with Crippen LogP contribution in [-0.2, 0) is 4.74 Å². The number of halogens is 2. The molecule has 0 aromatic carbocycles. The van der Waals surface area contributed by atoms with E-state index in [2.05, 4.69) is 36.3 Å². The van der Waals surface area contributed by atoms with Crippen LogP contribution >= 0.6 is 15.9 Å². The molecule has 0 bridgehead atoms. The second-order valence-corrected chi connectivity index (χ2v) is 6.31. The van der Waals surface area contributed by atoms with Gasteiger partial charge in [0.25, 0.3) is 5.56 Å². The van der Waals surface area contributed by atoms with E-state index >= 15 is 0 Å². The molecule has 0 aliphatic heterocycles. The third-order valence-electron chi connectivity index (χ3n) is 3.61. The van der Waals surface area contributed by atoms with Crippen LogP contribution in [-0.4, -0.2) is 32.2 Å². The summed E-state index contributed by atoms with van der Waals surface area (Å²) in [5.41, 5.74) is 0.397. The summed E-state index contributed by atoms with van der Waals surface area (Å²) in [5.74, 6) is -0.655. The highest BCUT2D eigenvalue weighted by Gasteiger charge is 2.17. The molecule has 3 aromatic rings. The van der Waals surface area contributed by atoms with Crippen molar-refractivity contribution in [1.29, 1.82) is 0 Å². The Morgan fingerprint density at radius 1 is 1.50 bits per heavy atom.